The molecule has 110 valence electrons. The SMILES string of the molecule is NCC1(C(=O)Nc2ccccc2-n2cncn2)CCCC1. The summed E-state index contributed by atoms with van der Waals surface area (Å²) in [6.07, 6.45) is 6.93. The van der Waals surface area contributed by atoms with E-state index in [1.807, 2.05) is 24.3 Å². The van der Waals surface area contributed by atoms with Crippen molar-refractivity contribution in [1.29, 1.82) is 0 Å². The Morgan fingerprint density at radius 3 is 2.76 bits per heavy atom. The van der Waals surface area contributed by atoms with Crippen molar-refractivity contribution in [3.63, 3.8) is 0 Å². The number of hydrogen-bond donors (Lipinski definition) is 2. The summed E-state index contributed by atoms with van der Waals surface area (Å²) in [5.41, 5.74) is 6.98. The number of amides is 1. The third-order valence-electron chi connectivity index (χ3n) is 4.25. The van der Waals surface area contributed by atoms with Gasteiger partial charge >= 0.3 is 0 Å². The first-order chi connectivity index (χ1) is 10.2. The van der Waals surface area contributed by atoms with E-state index in [4.69, 9.17) is 5.73 Å². The lowest BCUT2D eigenvalue weighted by Gasteiger charge is -2.26. The predicted molar refractivity (Wildman–Crippen MR) is 79.9 cm³/mol. The number of nitrogens with two attached hydrogens (primary N) is 1. The van der Waals surface area contributed by atoms with E-state index in [9.17, 15) is 4.79 Å². The minimum absolute atomic E-state index is 0.00932. The van der Waals surface area contributed by atoms with Crippen LogP contribution in [0.5, 0.6) is 0 Å². The molecule has 1 saturated carbocycles. The van der Waals surface area contributed by atoms with Gasteiger partial charge in [-0.25, -0.2) is 9.67 Å². The summed E-state index contributed by atoms with van der Waals surface area (Å²) in [6, 6.07) is 7.56. The summed E-state index contributed by atoms with van der Waals surface area (Å²) in [6.45, 7) is 0.393. The molecule has 0 unspecified atom stereocenters. The van der Waals surface area contributed by atoms with Crippen molar-refractivity contribution in [1.82, 2.24) is 14.8 Å². The summed E-state index contributed by atoms with van der Waals surface area (Å²) in [5, 5.41) is 7.14. The molecule has 0 radical (unpaired) electrons. The van der Waals surface area contributed by atoms with E-state index in [1.165, 1.54) is 6.33 Å². The third kappa shape index (κ3) is 2.54. The summed E-state index contributed by atoms with van der Waals surface area (Å²) in [7, 11) is 0. The Morgan fingerprint density at radius 1 is 1.33 bits per heavy atom. The number of benzene rings is 1. The van der Waals surface area contributed by atoms with E-state index in [1.54, 1.807) is 11.0 Å². The van der Waals surface area contributed by atoms with Gasteiger partial charge in [0.15, 0.2) is 0 Å². The number of carbonyl (C=O) groups is 1. The first-order valence-electron chi connectivity index (χ1n) is 7.21. The first kappa shape index (κ1) is 13.8. The number of hydrogen-bond acceptors (Lipinski definition) is 4. The maximum Gasteiger partial charge on any atom is 0.231 e. The van der Waals surface area contributed by atoms with Gasteiger partial charge in [0.2, 0.25) is 5.91 Å². The Balaban J connectivity index is 1.87. The molecular weight excluding hydrogens is 266 g/mol. The maximum absolute atomic E-state index is 12.7. The van der Waals surface area contributed by atoms with Gasteiger partial charge in [-0.15, -0.1) is 0 Å². The Morgan fingerprint density at radius 2 is 2.10 bits per heavy atom. The van der Waals surface area contributed by atoms with Crippen molar-refractivity contribution in [2.75, 3.05) is 11.9 Å². The van der Waals surface area contributed by atoms with Crippen LogP contribution in [-0.4, -0.2) is 27.2 Å². The molecular formula is C15H19N5O. The van der Waals surface area contributed by atoms with Gasteiger partial charge in [0.25, 0.3) is 0 Å². The highest BCUT2D eigenvalue weighted by molar-refractivity contribution is 5.97. The van der Waals surface area contributed by atoms with Gasteiger partial charge < -0.3 is 11.1 Å². The Hall–Kier alpha value is -2.21. The van der Waals surface area contributed by atoms with Crippen LogP contribution in [0.2, 0.25) is 0 Å². The Bertz CT molecular complexity index is 617. The molecule has 3 N–H and O–H groups in total. The van der Waals surface area contributed by atoms with Crippen LogP contribution in [-0.2, 0) is 4.79 Å². The molecule has 21 heavy (non-hydrogen) atoms. The second kappa shape index (κ2) is 5.65. The van der Waals surface area contributed by atoms with E-state index in [0.29, 0.717) is 6.54 Å². The fourth-order valence-electron chi connectivity index (χ4n) is 2.94. The van der Waals surface area contributed by atoms with Crippen molar-refractivity contribution in [2.45, 2.75) is 25.7 Å². The number of carbonyl (C=O) groups excluding carboxylic acids is 1. The maximum atomic E-state index is 12.7. The second-order valence-corrected chi connectivity index (χ2v) is 5.50. The van der Waals surface area contributed by atoms with Crippen molar-refractivity contribution < 1.29 is 4.79 Å². The van der Waals surface area contributed by atoms with Crippen LogP contribution < -0.4 is 11.1 Å². The van der Waals surface area contributed by atoms with Crippen LogP contribution in [0.4, 0.5) is 5.69 Å². The average molecular weight is 285 g/mol. The van der Waals surface area contributed by atoms with Crippen molar-refractivity contribution in [2.24, 2.45) is 11.1 Å². The smallest absolute Gasteiger partial charge is 0.231 e. The molecule has 3 rings (SSSR count). The van der Waals surface area contributed by atoms with E-state index in [0.717, 1.165) is 37.1 Å². The van der Waals surface area contributed by atoms with E-state index in [2.05, 4.69) is 15.4 Å². The highest BCUT2D eigenvalue weighted by Crippen LogP contribution is 2.38. The summed E-state index contributed by atoms with van der Waals surface area (Å²) in [5.74, 6) is 0.00932. The molecule has 1 aliphatic carbocycles. The molecule has 0 aliphatic heterocycles. The molecule has 0 atom stereocenters. The molecule has 1 heterocycles. The van der Waals surface area contributed by atoms with Crippen molar-refractivity contribution >= 4 is 11.6 Å². The average Bonchev–Trinajstić information content (AvgIpc) is 3.20. The Labute approximate surface area is 123 Å². The molecule has 1 aromatic carbocycles. The summed E-state index contributed by atoms with van der Waals surface area (Å²) < 4.78 is 1.64. The highest BCUT2D eigenvalue weighted by Gasteiger charge is 2.40. The molecule has 0 spiro atoms. The zero-order valence-electron chi connectivity index (χ0n) is 11.8. The number of aromatic nitrogens is 3. The zero-order valence-corrected chi connectivity index (χ0v) is 11.8. The lowest BCUT2D eigenvalue weighted by Crippen LogP contribution is -2.40. The molecule has 0 saturated heterocycles. The predicted octanol–water partition coefficient (Wildman–Crippen LogP) is 1.72. The first-order valence-corrected chi connectivity index (χ1v) is 7.21. The molecule has 0 bridgehead atoms. The number of nitrogens with one attached hydrogen (secondary N) is 1. The molecule has 6 nitrogen and oxygen atoms in total. The van der Waals surface area contributed by atoms with Gasteiger partial charge in [-0.2, -0.15) is 5.10 Å². The van der Waals surface area contributed by atoms with Gasteiger partial charge in [0, 0.05) is 6.54 Å². The number of rotatable bonds is 4. The van der Waals surface area contributed by atoms with Crippen LogP contribution in [0.3, 0.4) is 0 Å². The monoisotopic (exact) mass is 285 g/mol. The summed E-state index contributed by atoms with van der Waals surface area (Å²) in [4.78, 5) is 16.6. The standard InChI is InChI=1S/C15H19N5O/c16-9-15(7-3-4-8-15)14(21)19-12-5-1-2-6-13(12)20-11-17-10-18-20/h1-2,5-6,10-11H,3-4,7-9,16H2,(H,19,21). The molecule has 1 fully saturated rings. The lowest BCUT2D eigenvalue weighted by atomic mass is 9.85. The minimum atomic E-state index is -0.421. The third-order valence-corrected chi connectivity index (χ3v) is 4.25. The fraction of sp³-hybridized carbons (Fsp3) is 0.400. The van der Waals surface area contributed by atoms with Crippen molar-refractivity contribution in [3.05, 3.63) is 36.9 Å². The van der Waals surface area contributed by atoms with Crippen LogP contribution in [0.25, 0.3) is 5.69 Å². The van der Waals surface area contributed by atoms with Crippen molar-refractivity contribution in [3.8, 4) is 5.69 Å². The second-order valence-electron chi connectivity index (χ2n) is 5.50. The highest BCUT2D eigenvalue weighted by atomic mass is 16.2. The normalized spacial score (nSPS) is 16.8. The van der Waals surface area contributed by atoms with Gasteiger partial charge in [-0.1, -0.05) is 25.0 Å². The molecule has 1 aromatic heterocycles. The fourth-order valence-corrected chi connectivity index (χ4v) is 2.94. The summed E-state index contributed by atoms with van der Waals surface area (Å²) >= 11 is 0. The van der Waals surface area contributed by atoms with Crippen LogP contribution in [0, 0.1) is 5.41 Å². The number of nitrogens with zero attached hydrogens (tertiary/aromatic N) is 3. The van der Waals surface area contributed by atoms with Gasteiger partial charge in [-0.05, 0) is 25.0 Å². The van der Waals surface area contributed by atoms with Crippen LogP contribution >= 0.6 is 0 Å². The van der Waals surface area contributed by atoms with E-state index >= 15 is 0 Å². The molecule has 1 aliphatic rings. The van der Waals surface area contributed by atoms with E-state index in [-0.39, 0.29) is 5.91 Å². The topological polar surface area (TPSA) is 85.8 Å². The lowest BCUT2D eigenvalue weighted by molar-refractivity contribution is -0.124. The number of anilines is 1. The zero-order chi connectivity index (χ0) is 14.7. The largest absolute Gasteiger partial charge is 0.329 e. The number of para-hydroxylation sites is 2. The van der Waals surface area contributed by atoms with Crippen LogP contribution in [0.1, 0.15) is 25.7 Å². The molecule has 1 amide bonds. The van der Waals surface area contributed by atoms with Gasteiger partial charge in [0.05, 0.1) is 16.8 Å². The molecule has 6 heteroatoms. The van der Waals surface area contributed by atoms with E-state index < -0.39 is 5.41 Å². The molecule has 2 aromatic rings. The van der Waals surface area contributed by atoms with Gasteiger partial charge in [-0.3, -0.25) is 4.79 Å². The Kier molecular flexibility index (Phi) is 3.70. The minimum Gasteiger partial charge on any atom is -0.329 e. The quantitative estimate of drug-likeness (QED) is 0.895. The van der Waals surface area contributed by atoms with Crippen LogP contribution in [0.15, 0.2) is 36.9 Å². The van der Waals surface area contributed by atoms with Gasteiger partial charge in [0.1, 0.15) is 12.7 Å².